The van der Waals surface area contributed by atoms with Crippen LogP contribution in [0, 0.1) is 0 Å². The van der Waals surface area contributed by atoms with E-state index in [1.807, 2.05) is 6.07 Å². The fourth-order valence-electron chi connectivity index (χ4n) is 1.76. The first-order valence-electron chi connectivity index (χ1n) is 4.75. The fourth-order valence-corrected chi connectivity index (χ4v) is 1.76. The second-order valence-corrected chi connectivity index (χ2v) is 3.42. The van der Waals surface area contributed by atoms with E-state index in [0.717, 1.165) is 10.3 Å². The summed E-state index contributed by atoms with van der Waals surface area (Å²) in [6.07, 6.45) is 5.78. The summed E-state index contributed by atoms with van der Waals surface area (Å²) in [4.78, 5) is 31.2. The molecule has 1 aliphatic heterocycles. The van der Waals surface area contributed by atoms with Gasteiger partial charge in [0.05, 0.1) is 5.69 Å². The van der Waals surface area contributed by atoms with Crippen molar-refractivity contribution in [2.45, 2.75) is 0 Å². The number of imide groups is 1. The van der Waals surface area contributed by atoms with Crippen LogP contribution in [0.5, 0.6) is 0 Å². The number of amides is 2. The molecule has 3 rings (SSSR count). The standard InChI is InChI=1S/C11H7N3O2/c15-9-3-4-10(16)14(9)8-6-13-11-7(8)2-1-5-12-11/h1-6H,(H,12,13). The minimum atomic E-state index is -0.324. The number of nitrogens with one attached hydrogen (secondary N) is 1. The van der Waals surface area contributed by atoms with Gasteiger partial charge in [-0.15, -0.1) is 0 Å². The summed E-state index contributed by atoms with van der Waals surface area (Å²) < 4.78 is 0. The van der Waals surface area contributed by atoms with E-state index in [1.165, 1.54) is 12.2 Å². The molecule has 0 unspecified atom stereocenters. The molecule has 0 fully saturated rings. The molecule has 16 heavy (non-hydrogen) atoms. The number of rotatable bonds is 1. The van der Waals surface area contributed by atoms with Crippen molar-refractivity contribution in [3.63, 3.8) is 0 Å². The number of nitrogens with zero attached hydrogens (tertiary/aromatic N) is 2. The molecule has 0 saturated heterocycles. The first-order chi connectivity index (χ1) is 7.77. The first-order valence-corrected chi connectivity index (χ1v) is 4.75. The summed E-state index contributed by atoms with van der Waals surface area (Å²) in [7, 11) is 0. The lowest BCUT2D eigenvalue weighted by molar-refractivity contribution is -0.119. The van der Waals surface area contributed by atoms with E-state index in [-0.39, 0.29) is 11.8 Å². The smallest absolute Gasteiger partial charge is 0.258 e. The Hall–Kier alpha value is -2.43. The maximum atomic E-state index is 11.5. The number of pyridine rings is 1. The SMILES string of the molecule is O=C1C=CC(=O)N1c1c[nH]c2ncccc12. The van der Waals surface area contributed by atoms with Crippen LogP contribution in [0.3, 0.4) is 0 Å². The average molecular weight is 213 g/mol. The van der Waals surface area contributed by atoms with Gasteiger partial charge in [-0.2, -0.15) is 0 Å². The second kappa shape index (κ2) is 3.03. The maximum absolute atomic E-state index is 11.5. The average Bonchev–Trinajstić information content (AvgIpc) is 2.83. The van der Waals surface area contributed by atoms with E-state index in [1.54, 1.807) is 18.5 Å². The first kappa shape index (κ1) is 8.84. The van der Waals surface area contributed by atoms with Crippen LogP contribution in [0.15, 0.2) is 36.7 Å². The van der Waals surface area contributed by atoms with E-state index in [4.69, 9.17) is 0 Å². The van der Waals surface area contributed by atoms with Gasteiger partial charge in [-0.3, -0.25) is 9.59 Å². The van der Waals surface area contributed by atoms with E-state index in [9.17, 15) is 9.59 Å². The van der Waals surface area contributed by atoms with Crippen LogP contribution in [0.1, 0.15) is 0 Å². The largest absolute Gasteiger partial charge is 0.344 e. The third-order valence-electron chi connectivity index (χ3n) is 2.48. The maximum Gasteiger partial charge on any atom is 0.258 e. The number of anilines is 1. The van der Waals surface area contributed by atoms with Crippen LogP contribution in [-0.4, -0.2) is 21.8 Å². The molecular weight excluding hydrogens is 206 g/mol. The quantitative estimate of drug-likeness (QED) is 0.718. The number of H-pyrrole nitrogens is 1. The Balaban J connectivity index is 2.20. The molecule has 0 saturated carbocycles. The topological polar surface area (TPSA) is 66.1 Å². The number of aromatic nitrogens is 2. The lowest BCUT2D eigenvalue weighted by Crippen LogP contribution is -2.29. The van der Waals surface area contributed by atoms with Gasteiger partial charge in [0.15, 0.2) is 0 Å². The molecule has 0 atom stereocenters. The van der Waals surface area contributed by atoms with E-state index >= 15 is 0 Å². The van der Waals surface area contributed by atoms with Crippen LogP contribution >= 0.6 is 0 Å². The number of hydrogen-bond acceptors (Lipinski definition) is 3. The molecule has 78 valence electrons. The summed E-state index contributed by atoms with van der Waals surface area (Å²) in [6, 6.07) is 3.57. The van der Waals surface area contributed by atoms with Crippen LogP contribution in [0.25, 0.3) is 11.0 Å². The number of carbonyl (C=O) groups excluding carboxylic acids is 2. The van der Waals surface area contributed by atoms with Crippen LogP contribution in [-0.2, 0) is 9.59 Å². The third kappa shape index (κ3) is 1.08. The number of fused-ring (bicyclic) bond motifs is 1. The number of carbonyl (C=O) groups is 2. The molecule has 5 heteroatoms. The highest BCUT2D eigenvalue weighted by atomic mass is 16.2. The summed E-state index contributed by atoms with van der Waals surface area (Å²) >= 11 is 0. The van der Waals surface area contributed by atoms with E-state index in [2.05, 4.69) is 9.97 Å². The van der Waals surface area contributed by atoms with Crippen molar-refractivity contribution in [3.8, 4) is 0 Å². The Bertz CT molecular complexity index is 609. The van der Waals surface area contributed by atoms with Crippen LogP contribution in [0.2, 0.25) is 0 Å². The van der Waals surface area contributed by atoms with Crippen molar-refractivity contribution in [1.82, 2.24) is 9.97 Å². The molecular formula is C11H7N3O2. The zero-order valence-electron chi connectivity index (χ0n) is 8.18. The second-order valence-electron chi connectivity index (χ2n) is 3.42. The van der Waals surface area contributed by atoms with E-state index < -0.39 is 0 Å². The van der Waals surface area contributed by atoms with Crippen molar-refractivity contribution in [2.75, 3.05) is 4.90 Å². The van der Waals surface area contributed by atoms with Gasteiger partial charge >= 0.3 is 0 Å². The molecule has 0 bridgehead atoms. The highest BCUT2D eigenvalue weighted by Gasteiger charge is 2.27. The van der Waals surface area contributed by atoms with Gasteiger partial charge in [-0.25, -0.2) is 9.88 Å². The lowest BCUT2D eigenvalue weighted by atomic mass is 10.3. The zero-order valence-corrected chi connectivity index (χ0v) is 8.18. The highest BCUT2D eigenvalue weighted by molar-refractivity contribution is 6.30. The minimum Gasteiger partial charge on any atom is -0.344 e. The Morgan fingerprint density at radius 2 is 1.94 bits per heavy atom. The van der Waals surface area contributed by atoms with Crippen molar-refractivity contribution in [3.05, 3.63) is 36.7 Å². The Morgan fingerprint density at radius 3 is 2.69 bits per heavy atom. The predicted octanol–water partition coefficient (Wildman–Crippen LogP) is 0.992. The Labute approximate surface area is 90.4 Å². The molecule has 0 radical (unpaired) electrons. The van der Waals surface area contributed by atoms with Crippen molar-refractivity contribution in [1.29, 1.82) is 0 Å². The van der Waals surface area contributed by atoms with Gasteiger partial charge in [-0.1, -0.05) is 0 Å². The number of aromatic amines is 1. The fraction of sp³-hybridized carbons (Fsp3) is 0. The summed E-state index contributed by atoms with van der Waals surface area (Å²) in [5.74, 6) is -0.649. The molecule has 3 heterocycles. The van der Waals surface area contributed by atoms with Gasteiger partial charge in [0.2, 0.25) is 0 Å². The lowest BCUT2D eigenvalue weighted by Gasteiger charge is -2.11. The van der Waals surface area contributed by atoms with Gasteiger partial charge < -0.3 is 4.98 Å². The molecule has 0 aliphatic carbocycles. The third-order valence-corrected chi connectivity index (χ3v) is 2.48. The summed E-state index contributed by atoms with van der Waals surface area (Å²) in [6.45, 7) is 0. The van der Waals surface area contributed by atoms with Crippen molar-refractivity contribution < 1.29 is 9.59 Å². The molecule has 1 N–H and O–H groups in total. The molecule has 0 spiro atoms. The molecule has 1 aliphatic rings. The molecule has 2 aromatic heterocycles. The minimum absolute atomic E-state index is 0.324. The Morgan fingerprint density at radius 1 is 1.19 bits per heavy atom. The van der Waals surface area contributed by atoms with Gasteiger partial charge in [-0.05, 0) is 12.1 Å². The molecule has 2 amide bonds. The molecule has 5 nitrogen and oxygen atoms in total. The zero-order chi connectivity index (χ0) is 11.1. The van der Waals surface area contributed by atoms with Gasteiger partial charge in [0.25, 0.3) is 11.8 Å². The normalized spacial score (nSPS) is 15.4. The van der Waals surface area contributed by atoms with E-state index in [0.29, 0.717) is 11.3 Å². The summed E-state index contributed by atoms with van der Waals surface area (Å²) in [5, 5.41) is 0.757. The molecule has 0 aromatic carbocycles. The van der Waals surface area contributed by atoms with Crippen molar-refractivity contribution >= 4 is 28.5 Å². The van der Waals surface area contributed by atoms with Crippen LogP contribution < -0.4 is 4.90 Å². The highest BCUT2D eigenvalue weighted by Crippen LogP contribution is 2.27. The van der Waals surface area contributed by atoms with Gasteiger partial charge in [0, 0.05) is 29.9 Å². The monoisotopic (exact) mass is 213 g/mol. The predicted molar refractivity (Wildman–Crippen MR) is 57.7 cm³/mol. The Kier molecular flexibility index (Phi) is 1.67. The molecule has 2 aromatic rings. The summed E-state index contributed by atoms with van der Waals surface area (Å²) in [5.41, 5.74) is 1.20. The van der Waals surface area contributed by atoms with Crippen LogP contribution in [0.4, 0.5) is 5.69 Å². The number of hydrogen-bond donors (Lipinski definition) is 1. The van der Waals surface area contributed by atoms with Gasteiger partial charge in [0.1, 0.15) is 5.65 Å². The van der Waals surface area contributed by atoms with Crippen molar-refractivity contribution in [2.24, 2.45) is 0 Å².